The molecule has 1 aliphatic rings. The molecule has 2 atom stereocenters. The standard InChI is InChI=1S/C24H30N2O4/c1-4-22(27)26(20-13-9-6-10-14-20)21-15-16-25(18-24(21,2)29-3)23(28)30-17-19-11-7-5-8-12-19/h5-14,21H,4,15-18H2,1-3H3. The second-order valence-corrected chi connectivity index (χ2v) is 7.74. The number of ether oxygens (including phenoxy) is 2. The molecule has 1 fully saturated rings. The molecule has 160 valence electrons. The third-order valence-electron chi connectivity index (χ3n) is 5.73. The molecule has 0 aromatic heterocycles. The summed E-state index contributed by atoms with van der Waals surface area (Å²) in [5.41, 5.74) is 1.07. The molecule has 0 saturated carbocycles. The number of para-hydroxylation sites is 1. The molecule has 3 rings (SSSR count). The highest BCUT2D eigenvalue weighted by Gasteiger charge is 2.46. The van der Waals surface area contributed by atoms with Gasteiger partial charge >= 0.3 is 6.09 Å². The van der Waals surface area contributed by atoms with E-state index in [1.165, 1.54) is 0 Å². The molecule has 0 N–H and O–H groups in total. The van der Waals surface area contributed by atoms with Crippen LogP contribution in [0, 0.1) is 0 Å². The smallest absolute Gasteiger partial charge is 0.410 e. The van der Waals surface area contributed by atoms with Crippen LogP contribution in [0.2, 0.25) is 0 Å². The summed E-state index contributed by atoms with van der Waals surface area (Å²) >= 11 is 0. The Bertz CT molecular complexity index is 843. The van der Waals surface area contributed by atoms with Crippen LogP contribution in [0.4, 0.5) is 10.5 Å². The fourth-order valence-electron chi connectivity index (χ4n) is 3.97. The number of methoxy groups -OCH3 is 1. The molecule has 6 nitrogen and oxygen atoms in total. The maximum atomic E-state index is 12.9. The molecule has 30 heavy (non-hydrogen) atoms. The van der Waals surface area contributed by atoms with E-state index in [9.17, 15) is 9.59 Å². The third-order valence-corrected chi connectivity index (χ3v) is 5.73. The summed E-state index contributed by atoms with van der Waals surface area (Å²) in [6, 6.07) is 19.1. The van der Waals surface area contributed by atoms with Crippen LogP contribution in [-0.2, 0) is 20.9 Å². The number of benzene rings is 2. The molecule has 0 spiro atoms. The van der Waals surface area contributed by atoms with Crippen LogP contribution < -0.4 is 4.90 Å². The average molecular weight is 411 g/mol. The normalized spacial score (nSPS) is 21.2. The Morgan fingerprint density at radius 2 is 1.73 bits per heavy atom. The topological polar surface area (TPSA) is 59.1 Å². The number of amides is 2. The van der Waals surface area contributed by atoms with E-state index in [0.717, 1.165) is 11.3 Å². The van der Waals surface area contributed by atoms with Crippen LogP contribution in [0.3, 0.4) is 0 Å². The minimum Gasteiger partial charge on any atom is -0.445 e. The van der Waals surface area contributed by atoms with Gasteiger partial charge in [0.2, 0.25) is 5.91 Å². The summed E-state index contributed by atoms with van der Waals surface area (Å²) in [7, 11) is 1.63. The molecular formula is C24H30N2O4. The highest BCUT2D eigenvalue weighted by Crippen LogP contribution is 2.33. The van der Waals surface area contributed by atoms with Gasteiger partial charge in [0.05, 0.1) is 12.6 Å². The SMILES string of the molecule is CCC(=O)N(c1ccccc1)C1CCN(C(=O)OCc2ccccc2)CC1(C)OC. The van der Waals surface area contributed by atoms with Crippen molar-refractivity contribution in [3.63, 3.8) is 0 Å². The van der Waals surface area contributed by atoms with Crippen LogP contribution in [0.15, 0.2) is 60.7 Å². The first kappa shape index (κ1) is 21.8. The number of carbonyl (C=O) groups is 2. The van der Waals surface area contributed by atoms with Gasteiger partial charge in [0, 0.05) is 25.8 Å². The van der Waals surface area contributed by atoms with Gasteiger partial charge in [-0.05, 0) is 31.0 Å². The number of anilines is 1. The van der Waals surface area contributed by atoms with Gasteiger partial charge in [-0.3, -0.25) is 4.79 Å². The van der Waals surface area contributed by atoms with Crippen molar-refractivity contribution in [2.24, 2.45) is 0 Å². The first-order valence-electron chi connectivity index (χ1n) is 10.4. The van der Waals surface area contributed by atoms with Crippen molar-refractivity contribution in [2.75, 3.05) is 25.1 Å². The summed E-state index contributed by atoms with van der Waals surface area (Å²) in [5.74, 6) is 0.0366. The Morgan fingerprint density at radius 1 is 1.10 bits per heavy atom. The van der Waals surface area contributed by atoms with Crippen molar-refractivity contribution in [3.8, 4) is 0 Å². The first-order valence-corrected chi connectivity index (χ1v) is 10.4. The summed E-state index contributed by atoms with van der Waals surface area (Å²) in [6.45, 7) is 4.89. The minimum atomic E-state index is -0.718. The Morgan fingerprint density at radius 3 is 2.33 bits per heavy atom. The van der Waals surface area contributed by atoms with Crippen molar-refractivity contribution < 1.29 is 19.1 Å². The lowest BCUT2D eigenvalue weighted by atomic mass is 9.87. The van der Waals surface area contributed by atoms with Crippen LogP contribution in [0.25, 0.3) is 0 Å². The number of hydrogen-bond donors (Lipinski definition) is 0. The van der Waals surface area contributed by atoms with Crippen LogP contribution in [0.5, 0.6) is 0 Å². The molecule has 1 heterocycles. The van der Waals surface area contributed by atoms with Crippen LogP contribution in [-0.4, -0.2) is 48.7 Å². The molecule has 2 aromatic rings. The lowest BCUT2D eigenvalue weighted by molar-refractivity contribution is -0.122. The highest BCUT2D eigenvalue weighted by atomic mass is 16.6. The van der Waals surface area contributed by atoms with Crippen molar-refractivity contribution in [2.45, 2.75) is 44.9 Å². The lowest BCUT2D eigenvalue weighted by Gasteiger charge is -2.49. The largest absolute Gasteiger partial charge is 0.445 e. The summed E-state index contributed by atoms with van der Waals surface area (Å²) in [5, 5.41) is 0. The zero-order valence-corrected chi connectivity index (χ0v) is 17.9. The quantitative estimate of drug-likeness (QED) is 0.715. The average Bonchev–Trinajstić information content (AvgIpc) is 2.80. The zero-order chi connectivity index (χ0) is 21.6. The number of piperidine rings is 1. The fraction of sp³-hybridized carbons (Fsp3) is 0.417. The predicted molar refractivity (Wildman–Crippen MR) is 116 cm³/mol. The maximum Gasteiger partial charge on any atom is 0.410 e. The van der Waals surface area contributed by atoms with E-state index in [1.54, 1.807) is 12.0 Å². The Hall–Kier alpha value is -2.86. The molecule has 1 saturated heterocycles. The minimum absolute atomic E-state index is 0.0366. The van der Waals surface area contributed by atoms with Gasteiger partial charge in [-0.15, -0.1) is 0 Å². The van der Waals surface area contributed by atoms with Gasteiger partial charge in [-0.25, -0.2) is 4.79 Å². The van der Waals surface area contributed by atoms with E-state index in [2.05, 4.69) is 0 Å². The van der Waals surface area contributed by atoms with Crippen molar-refractivity contribution in [1.29, 1.82) is 0 Å². The number of nitrogens with zero attached hydrogens (tertiary/aromatic N) is 2. The highest BCUT2D eigenvalue weighted by molar-refractivity contribution is 5.94. The molecule has 1 aliphatic heterocycles. The summed E-state index contributed by atoms with van der Waals surface area (Å²) in [6.07, 6.45) is 0.632. The molecule has 0 bridgehead atoms. The maximum absolute atomic E-state index is 12.9. The number of rotatable bonds is 6. The monoisotopic (exact) mass is 410 g/mol. The number of hydrogen-bond acceptors (Lipinski definition) is 4. The van der Waals surface area contributed by atoms with Crippen LogP contribution in [0.1, 0.15) is 32.3 Å². The Kier molecular flexibility index (Phi) is 7.11. The van der Waals surface area contributed by atoms with Gasteiger partial charge in [-0.2, -0.15) is 0 Å². The van der Waals surface area contributed by atoms with E-state index in [4.69, 9.17) is 9.47 Å². The molecule has 2 aromatic carbocycles. The summed E-state index contributed by atoms with van der Waals surface area (Å²) in [4.78, 5) is 29.0. The van der Waals surface area contributed by atoms with Crippen molar-refractivity contribution in [1.82, 2.24) is 4.90 Å². The van der Waals surface area contributed by atoms with E-state index in [-0.39, 0.29) is 24.6 Å². The zero-order valence-electron chi connectivity index (χ0n) is 17.9. The summed E-state index contributed by atoms with van der Waals surface area (Å²) < 4.78 is 11.4. The first-order chi connectivity index (χ1) is 14.5. The molecule has 2 amide bonds. The molecule has 0 aliphatic carbocycles. The Labute approximate surface area is 178 Å². The van der Waals surface area contributed by atoms with Gasteiger partial charge in [-0.1, -0.05) is 55.5 Å². The number of likely N-dealkylation sites (tertiary alicyclic amines) is 1. The van der Waals surface area contributed by atoms with Crippen LogP contribution >= 0.6 is 0 Å². The van der Waals surface area contributed by atoms with Crippen molar-refractivity contribution in [3.05, 3.63) is 66.2 Å². The second kappa shape index (κ2) is 9.76. The van der Waals surface area contributed by atoms with Crippen molar-refractivity contribution >= 4 is 17.7 Å². The Balaban J connectivity index is 1.74. The van der Waals surface area contributed by atoms with Gasteiger partial charge < -0.3 is 19.3 Å². The van der Waals surface area contributed by atoms with E-state index in [0.29, 0.717) is 25.9 Å². The van der Waals surface area contributed by atoms with Gasteiger partial charge in [0.15, 0.2) is 0 Å². The van der Waals surface area contributed by atoms with Gasteiger partial charge in [0.25, 0.3) is 0 Å². The fourth-order valence-corrected chi connectivity index (χ4v) is 3.97. The molecular weight excluding hydrogens is 380 g/mol. The predicted octanol–water partition coefficient (Wildman–Crippen LogP) is 4.25. The van der Waals surface area contributed by atoms with E-state index in [1.807, 2.05) is 79.4 Å². The third kappa shape index (κ3) is 4.82. The number of carbonyl (C=O) groups excluding carboxylic acids is 2. The molecule has 6 heteroatoms. The molecule has 2 unspecified atom stereocenters. The van der Waals surface area contributed by atoms with E-state index >= 15 is 0 Å². The van der Waals surface area contributed by atoms with Gasteiger partial charge in [0.1, 0.15) is 12.2 Å². The second-order valence-electron chi connectivity index (χ2n) is 7.74. The molecule has 0 radical (unpaired) electrons. The lowest BCUT2D eigenvalue weighted by Crippen LogP contribution is -2.64. The van der Waals surface area contributed by atoms with E-state index < -0.39 is 5.60 Å².